The number of pyridine rings is 1. The van der Waals surface area contributed by atoms with Crippen LogP contribution >= 0.6 is 0 Å². The fourth-order valence-corrected chi connectivity index (χ4v) is 2.67. The molecule has 0 atom stereocenters. The van der Waals surface area contributed by atoms with Crippen LogP contribution in [0.2, 0.25) is 0 Å². The second kappa shape index (κ2) is 7.27. The van der Waals surface area contributed by atoms with E-state index in [1.54, 1.807) is 12.4 Å². The Kier molecular flexibility index (Phi) is 5.39. The van der Waals surface area contributed by atoms with Crippen molar-refractivity contribution in [3.8, 4) is 0 Å². The Balaban J connectivity index is 1.97. The van der Waals surface area contributed by atoms with Crippen molar-refractivity contribution in [3.63, 3.8) is 0 Å². The van der Waals surface area contributed by atoms with Gasteiger partial charge in [-0.05, 0) is 32.8 Å². The number of anilines is 1. The highest BCUT2D eigenvalue weighted by Gasteiger charge is 2.16. The van der Waals surface area contributed by atoms with Gasteiger partial charge in [0.1, 0.15) is 0 Å². The van der Waals surface area contributed by atoms with Crippen molar-refractivity contribution in [2.45, 2.75) is 64.5 Å². The lowest BCUT2D eigenvalue weighted by Gasteiger charge is -2.16. The Hall–Kier alpha value is -1.58. The molecule has 1 saturated carbocycles. The van der Waals surface area contributed by atoms with Crippen molar-refractivity contribution < 1.29 is 4.79 Å². The average Bonchev–Trinajstić information content (AvgIpc) is 2.67. The number of hydrogen-bond acceptors (Lipinski definition) is 3. The number of amides is 1. The van der Waals surface area contributed by atoms with Gasteiger partial charge in [0.05, 0.1) is 11.3 Å². The molecule has 2 rings (SSSR count). The van der Waals surface area contributed by atoms with Gasteiger partial charge < -0.3 is 10.6 Å². The van der Waals surface area contributed by atoms with E-state index in [-0.39, 0.29) is 5.91 Å². The number of nitrogens with zero attached hydrogens (tertiary/aromatic N) is 1. The van der Waals surface area contributed by atoms with Gasteiger partial charge in [0.2, 0.25) is 0 Å². The van der Waals surface area contributed by atoms with E-state index in [0.717, 1.165) is 18.5 Å². The van der Waals surface area contributed by atoms with E-state index in [9.17, 15) is 4.79 Å². The molecule has 0 saturated heterocycles. The van der Waals surface area contributed by atoms with E-state index in [0.29, 0.717) is 17.6 Å². The molecule has 1 heterocycles. The van der Waals surface area contributed by atoms with Gasteiger partial charge in [0, 0.05) is 24.5 Å². The average molecular weight is 275 g/mol. The maximum Gasteiger partial charge on any atom is 0.253 e. The van der Waals surface area contributed by atoms with Gasteiger partial charge in [-0.25, -0.2) is 0 Å². The molecule has 0 aromatic carbocycles. The molecule has 0 spiro atoms. The molecule has 110 valence electrons. The summed E-state index contributed by atoms with van der Waals surface area (Å²) in [6.07, 6.45) is 10.6. The molecule has 4 nitrogen and oxygen atoms in total. The summed E-state index contributed by atoms with van der Waals surface area (Å²) < 4.78 is 0. The third-order valence-electron chi connectivity index (χ3n) is 3.65. The van der Waals surface area contributed by atoms with Crippen LogP contribution in [0, 0.1) is 0 Å². The van der Waals surface area contributed by atoms with Crippen LogP contribution in [0.1, 0.15) is 62.7 Å². The summed E-state index contributed by atoms with van der Waals surface area (Å²) in [5, 5.41) is 6.42. The predicted molar refractivity (Wildman–Crippen MR) is 82.0 cm³/mol. The van der Waals surface area contributed by atoms with E-state index in [1.165, 1.54) is 25.7 Å². The number of aromatic nitrogens is 1. The smallest absolute Gasteiger partial charge is 0.253 e. The third kappa shape index (κ3) is 4.51. The molecule has 20 heavy (non-hydrogen) atoms. The Morgan fingerprint density at radius 1 is 1.20 bits per heavy atom. The minimum Gasteiger partial charge on any atom is -0.382 e. The molecule has 0 radical (unpaired) electrons. The number of nitrogens with one attached hydrogen (secondary N) is 2. The topological polar surface area (TPSA) is 54.0 Å². The van der Waals surface area contributed by atoms with Crippen molar-refractivity contribution in [2.75, 3.05) is 5.32 Å². The van der Waals surface area contributed by atoms with E-state index >= 15 is 0 Å². The minimum absolute atomic E-state index is 0.00296. The monoisotopic (exact) mass is 275 g/mol. The maximum atomic E-state index is 12.3. The second-order valence-electron chi connectivity index (χ2n) is 5.92. The normalized spacial score (nSPS) is 16.8. The van der Waals surface area contributed by atoms with Crippen molar-refractivity contribution in [3.05, 3.63) is 24.0 Å². The summed E-state index contributed by atoms with van der Waals surface area (Å²) in [7, 11) is 0. The largest absolute Gasteiger partial charge is 0.382 e. The minimum atomic E-state index is -0.00296. The SMILES string of the molecule is CC(C)Nc1cncc(C(=O)NC2CCCCCC2)c1. The molecule has 1 aliphatic carbocycles. The van der Waals surface area contributed by atoms with Crippen LogP contribution in [0.3, 0.4) is 0 Å². The van der Waals surface area contributed by atoms with Crippen LogP contribution < -0.4 is 10.6 Å². The van der Waals surface area contributed by atoms with Crippen molar-refractivity contribution >= 4 is 11.6 Å². The van der Waals surface area contributed by atoms with Gasteiger partial charge >= 0.3 is 0 Å². The highest BCUT2D eigenvalue weighted by molar-refractivity contribution is 5.94. The number of carbonyl (C=O) groups excluding carboxylic acids is 1. The van der Waals surface area contributed by atoms with Crippen molar-refractivity contribution in [1.82, 2.24) is 10.3 Å². The molecule has 1 amide bonds. The number of hydrogen-bond donors (Lipinski definition) is 2. The number of rotatable bonds is 4. The zero-order chi connectivity index (χ0) is 14.4. The third-order valence-corrected chi connectivity index (χ3v) is 3.65. The first-order chi connectivity index (χ1) is 9.65. The van der Waals surface area contributed by atoms with Crippen LogP contribution in [0.4, 0.5) is 5.69 Å². The van der Waals surface area contributed by atoms with Crippen LogP contribution in [0.25, 0.3) is 0 Å². The van der Waals surface area contributed by atoms with Crippen molar-refractivity contribution in [1.29, 1.82) is 0 Å². The molecule has 1 fully saturated rings. The van der Waals surface area contributed by atoms with Crippen LogP contribution in [-0.4, -0.2) is 23.0 Å². The Morgan fingerprint density at radius 2 is 1.90 bits per heavy atom. The first-order valence-electron chi connectivity index (χ1n) is 7.67. The Bertz CT molecular complexity index is 437. The first kappa shape index (κ1) is 14.8. The fourth-order valence-electron chi connectivity index (χ4n) is 2.67. The second-order valence-corrected chi connectivity index (χ2v) is 5.92. The molecule has 1 aromatic rings. The quantitative estimate of drug-likeness (QED) is 0.828. The lowest BCUT2D eigenvalue weighted by atomic mass is 10.1. The molecule has 0 aliphatic heterocycles. The van der Waals surface area contributed by atoms with E-state index < -0.39 is 0 Å². The van der Waals surface area contributed by atoms with Gasteiger partial charge in [-0.1, -0.05) is 25.7 Å². The van der Waals surface area contributed by atoms with Gasteiger partial charge in [-0.3, -0.25) is 9.78 Å². The summed E-state index contributed by atoms with van der Waals surface area (Å²) in [5.74, 6) is -0.00296. The molecule has 0 unspecified atom stereocenters. The zero-order valence-electron chi connectivity index (χ0n) is 12.5. The lowest BCUT2D eigenvalue weighted by molar-refractivity contribution is 0.0933. The Labute approximate surface area is 121 Å². The summed E-state index contributed by atoms with van der Waals surface area (Å²) in [6, 6.07) is 2.53. The standard InChI is InChI=1S/C16H25N3O/c1-12(2)18-15-9-13(10-17-11-15)16(20)19-14-7-5-3-4-6-8-14/h9-12,14,18H,3-8H2,1-2H3,(H,19,20). The summed E-state index contributed by atoms with van der Waals surface area (Å²) in [5.41, 5.74) is 1.54. The predicted octanol–water partition coefficient (Wildman–Crippen LogP) is 3.35. The molecular weight excluding hydrogens is 250 g/mol. The highest BCUT2D eigenvalue weighted by atomic mass is 16.1. The summed E-state index contributed by atoms with van der Waals surface area (Å²) >= 11 is 0. The Morgan fingerprint density at radius 3 is 2.55 bits per heavy atom. The molecule has 1 aromatic heterocycles. The van der Waals surface area contributed by atoms with E-state index in [1.807, 2.05) is 6.07 Å². The summed E-state index contributed by atoms with van der Waals surface area (Å²) in [6.45, 7) is 4.14. The molecule has 4 heteroatoms. The molecule has 1 aliphatic rings. The van der Waals surface area contributed by atoms with E-state index in [4.69, 9.17) is 0 Å². The molecular formula is C16H25N3O. The van der Waals surface area contributed by atoms with Gasteiger partial charge in [0.15, 0.2) is 0 Å². The van der Waals surface area contributed by atoms with Crippen LogP contribution in [-0.2, 0) is 0 Å². The lowest BCUT2D eigenvalue weighted by Crippen LogP contribution is -2.34. The van der Waals surface area contributed by atoms with Gasteiger partial charge in [-0.15, -0.1) is 0 Å². The first-order valence-corrected chi connectivity index (χ1v) is 7.67. The highest BCUT2D eigenvalue weighted by Crippen LogP contribution is 2.18. The van der Waals surface area contributed by atoms with Crippen molar-refractivity contribution in [2.24, 2.45) is 0 Å². The van der Waals surface area contributed by atoms with Gasteiger partial charge in [0.25, 0.3) is 5.91 Å². The summed E-state index contributed by atoms with van der Waals surface area (Å²) in [4.78, 5) is 16.4. The van der Waals surface area contributed by atoms with Crippen LogP contribution in [0.15, 0.2) is 18.5 Å². The molecule has 2 N–H and O–H groups in total. The van der Waals surface area contributed by atoms with Gasteiger partial charge in [-0.2, -0.15) is 0 Å². The van der Waals surface area contributed by atoms with E-state index in [2.05, 4.69) is 29.5 Å². The zero-order valence-corrected chi connectivity index (χ0v) is 12.5. The maximum absolute atomic E-state index is 12.3. The van der Waals surface area contributed by atoms with Crippen LogP contribution in [0.5, 0.6) is 0 Å². The molecule has 0 bridgehead atoms. The fraction of sp³-hybridized carbons (Fsp3) is 0.625. The number of carbonyl (C=O) groups is 1.